The summed E-state index contributed by atoms with van der Waals surface area (Å²) in [6.07, 6.45) is 1.80. The molecule has 0 bridgehead atoms. The van der Waals surface area contributed by atoms with Crippen LogP contribution in [0.5, 0.6) is 0 Å². The molecule has 1 aliphatic carbocycles. The molecule has 0 unspecified atom stereocenters. The second-order valence-corrected chi connectivity index (χ2v) is 18.2. The van der Waals surface area contributed by atoms with Crippen LogP contribution in [0.25, 0.3) is 0 Å². The number of nitrogens with zero attached hydrogens (tertiary/aromatic N) is 12. The molecule has 54 heavy (non-hydrogen) atoms. The summed E-state index contributed by atoms with van der Waals surface area (Å²) in [5.41, 5.74) is -8.72. The first-order valence-corrected chi connectivity index (χ1v) is 21.3. The van der Waals surface area contributed by atoms with Crippen molar-refractivity contribution in [2.45, 2.75) is 0 Å². The molecule has 0 radical (unpaired) electrons. The Morgan fingerprint density at radius 2 is 0.722 bits per heavy atom. The lowest BCUT2D eigenvalue weighted by molar-refractivity contribution is -0.385. The van der Waals surface area contributed by atoms with Crippen LogP contribution in [0, 0.1) is 20.2 Å². The van der Waals surface area contributed by atoms with Crippen LogP contribution in [-0.4, -0.2) is 96.0 Å². The second-order valence-electron chi connectivity index (χ2n) is 10.9. The van der Waals surface area contributed by atoms with Gasteiger partial charge in [-0.3, -0.25) is 29.8 Å². The van der Waals surface area contributed by atoms with E-state index >= 15 is 0 Å². The van der Waals surface area contributed by atoms with Crippen molar-refractivity contribution in [1.29, 1.82) is 0 Å². The van der Waals surface area contributed by atoms with E-state index in [9.17, 15) is 63.5 Å². The van der Waals surface area contributed by atoms with Gasteiger partial charge >= 0.3 is 0 Å². The molecule has 26 nitrogen and oxygen atoms in total. The molecule has 5 rings (SSSR count). The van der Waals surface area contributed by atoms with E-state index in [1.54, 1.807) is 0 Å². The minimum atomic E-state index is -4.91. The highest BCUT2D eigenvalue weighted by atomic mass is 32.2. The lowest BCUT2D eigenvalue weighted by Gasteiger charge is -2.15. The van der Waals surface area contributed by atoms with Crippen LogP contribution in [0.3, 0.4) is 0 Å². The summed E-state index contributed by atoms with van der Waals surface area (Å²) in [5, 5.41) is 42.9. The van der Waals surface area contributed by atoms with Gasteiger partial charge in [0.05, 0.1) is 46.2 Å². The van der Waals surface area contributed by atoms with Crippen molar-refractivity contribution >= 4 is 74.4 Å². The molecule has 0 saturated carbocycles. The first-order valence-electron chi connectivity index (χ1n) is 13.9. The van der Waals surface area contributed by atoms with Crippen LogP contribution >= 0.6 is 0 Å². The second kappa shape index (κ2) is 13.2. The standard InChI is InChI=1S/C24H20N12O14S4/c1-51(43,44)31-17-18(32(52(2,45)46)23(31)27-29-25-13-5-9-15(10-6-13)35(39)40)22(38)20-19(21(17)37)33(53(3,47)48)24(34(20)54(4,49)50)28-30-26-14-7-11-16(12-8-14)36(41)42/h5-12H,1-4H3. The zero-order valence-electron chi connectivity index (χ0n) is 27.3. The number of hydrogen-bond acceptors (Lipinski definition) is 18. The number of carbonyl (C=O) groups excluding carboxylic acids is 2. The molecule has 0 aliphatic heterocycles. The van der Waals surface area contributed by atoms with E-state index < -0.39 is 95.5 Å². The summed E-state index contributed by atoms with van der Waals surface area (Å²) in [6.45, 7) is 0. The third kappa shape index (κ3) is 7.03. The van der Waals surface area contributed by atoms with Crippen molar-refractivity contribution in [3.8, 4) is 0 Å². The largest absolute Gasteiger partial charge is 0.285 e. The first kappa shape index (κ1) is 38.8. The number of carbonyl (C=O) groups is 2. The number of nitro benzene ring substituents is 2. The summed E-state index contributed by atoms with van der Waals surface area (Å²) in [4.78, 5) is 49.0. The van der Waals surface area contributed by atoms with Gasteiger partial charge in [-0.15, -0.1) is 10.2 Å². The fourth-order valence-corrected chi connectivity index (χ4v) is 8.67. The monoisotopic (exact) mass is 828 g/mol. The van der Waals surface area contributed by atoms with Gasteiger partial charge in [-0.05, 0) is 34.7 Å². The number of nitro groups is 2. The van der Waals surface area contributed by atoms with E-state index in [1.807, 2.05) is 0 Å². The minimum Gasteiger partial charge on any atom is -0.285 e. The van der Waals surface area contributed by atoms with E-state index in [0.717, 1.165) is 48.5 Å². The van der Waals surface area contributed by atoms with Crippen molar-refractivity contribution in [2.75, 3.05) is 25.0 Å². The van der Waals surface area contributed by atoms with Crippen LogP contribution in [0.1, 0.15) is 32.4 Å². The summed E-state index contributed by atoms with van der Waals surface area (Å²) < 4.78 is 105. The van der Waals surface area contributed by atoms with Crippen molar-refractivity contribution in [3.05, 3.63) is 103 Å². The van der Waals surface area contributed by atoms with Gasteiger partial charge < -0.3 is 0 Å². The molecule has 284 valence electrons. The summed E-state index contributed by atoms with van der Waals surface area (Å²) in [7, 11) is -19.6. The van der Waals surface area contributed by atoms with Gasteiger partial charge in [0.2, 0.25) is 51.7 Å². The van der Waals surface area contributed by atoms with Crippen LogP contribution in [-0.2, 0) is 40.1 Å². The Morgan fingerprint density at radius 3 is 0.926 bits per heavy atom. The molecule has 0 amide bonds. The summed E-state index contributed by atoms with van der Waals surface area (Å²) in [5.74, 6) is -3.46. The topological polar surface area (TPSA) is 351 Å². The lowest BCUT2D eigenvalue weighted by atomic mass is 9.99. The smallest absolute Gasteiger partial charge is 0.269 e. The highest BCUT2D eigenvalue weighted by molar-refractivity contribution is 7.90. The van der Waals surface area contributed by atoms with E-state index in [0.29, 0.717) is 25.0 Å². The summed E-state index contributed by atoms with van der Waals surface area (Å²) >= 11 is 0. The highest BCUT2D eigenvalue weighted by Gasteiger charge is 2.48. The number of non-ortho nitro benzene ring substituents is 2. The van der Waals surface area contributed by atoms with Crippen molar-refractivity contribution in [2.24, 2.45) is 30.9 Å². The van der Waals surface area contributed by atoms with Crippen LogP contribution in [0.15, 0.2) is 79.4 Å². The maximum Gasteiger partial charge on any atom is 0.269 e. The number of benzene rings is 2. The van der Waals surface area contributed by atoms with Gasteiger partial charge in [-0.1, -0.05) is 10.2 Å². The fourth-order valence-electron chi connectivity index (χ4n) is 4.90. The summed E-state index contributed by atoms with van der Waals surface area (Å²) in [6, 6.07) is 8.43. The maximum atomic E-state index is 14.3. The van der Waals surface area contributed by atoms with Crippen molar-refractivity contribution < 1.29 is 53.1 Å². The molecule has 2 aromatic carbocycles. The van der Waals surface area contributed by atoms with E-state index in [4.69, 9.17) is 0 Å². The van der Waals surface area contributed by atoms with Gasteiger partial charge in [-0.2, -0.15) is 15.9 Å². The van der Waals surface area contributed by atoms with Crippen LogP contribution < -0.4 is 11.2 Å². The Balaban J connectivity index is 1.87. The van der Waals surface area contributed by atoms with Gasteiger partial charge in [-0.25, -0.2) is 33.7 Å². The maximum absolute atomic E-state index is 14.3. The van der Waals surface area contributed by atoms with E-state index in [-0.39, 0.29) is 38.6 Å². The van der Waals surface area contributed by atoms with Gasteiger partial charge in [0.15, 0.2) is 0 Å². The normalized spacial score (nSPS) is 13.6. The van der Waals surface area contributed by atoms with Crippen LogP contribution in [0.2, 0.25) is 0 Å². The van der Waals surface area contributed by atoms with Gasteiger partial charge in [0.1, 0.15) is 22.8 Å². The Morgan fingerprint density at radius 1 is 0.481 bits per heavy atom. The molecular formula is C24H20N12O14S4. The lowest BCUT2D eigenvalue weighted by Crippen LogP contribution is -2.36. The molecule has 0 N–H and O–H groups in total. The van der Waals surface area contributed by atoms with E-state index in [2.05, 4.69) is 30.9 Å². The van der Waals surface area contributed by atoms with Gasteiger partial charge in [0, 0.05) is 24.3 Å². The van der Waals surface area contributed by atoms with Crippen molar-refractivity contribution in [3.63, 3.8) is 0 Å². The van der Waals surface area contributed by atoms with Crippen molar-refractivity contribution in [1.82, 2.24) is 15.9 Å². The molecule has 0 saturated heterocycles. The molecule has 2 heterocycles. The van der Waals surface area contributed by atoms with E-state index in [1.165, 1.54) is 0 Å². The SMILES string of the molecule is CS(=O)(=O)n1c2c(n(S(C)(=O)=O)c1=NN=Nc1ccc([N+](=O)[O-])cc1)C(=O)c1c(n(S(C)(=O)=O)c(=NN=Nc3ccc([N+](=O)[O-])cc3)n1S(C)(=O)=O)C2=O. The number of fused-ring (bicyclic) bond motifs is 2. The molecule has 0 atom stereocenters. The van der Waals surface area contributed by atoms with Crippen LogP contribution in [0.4, 0.5) is 22.7 Å². The quantitative estimate of drug-likeness (QED) is 0.101. The molecule has 0 spiro atoms. The molecule has 1 aliphatic rings. The number of rotatable bonds is 10. The highest BCUT2D eigenvalue weighted by Crippen LogP contribution is 2.30. The van der Waals surface area contributed by atoms with Gasteiger partial charge in [0.25, 0.3) is 22.6 Å². The average molecular weight is 829 g/mol. The number of hydrogen-bond donors (Lipinski definition) is 0. The zero-order valence-corrected chi connectivity index (χ0v) is 30.6. The predicted octanol–water partition coefficient (Wildman–Crippen LogP) is -0.0856. The Hall–Kier alpha value is -6.40. The molecule has 2 aromatic heterocycles. The molecular weight excluding hydrogens is 809 g/mol. The number of imidazole rings is 2. The Labute approximate surface area is 301 Å². The predicted molar refractivity (Wildman–Crippen MR) is 179 cm³/mol. The minimum absolute atomic E-state index is 0.0586. The zero-order chi connectivity index (χ0) is 40.3. The Bertz CT molecular complexity index is 2680. The number of aromatic nitrogens is 4. The first-order chi connectivity index (χ1) is 24.9. The third-order valence-electron chi connectivity index (χ3n) is 6.88. The number of ketones is 2. The molecule has 0 fully saturated rings. The molecule has 4 aromatic rings. The molecule has 30 heteroatoms. The Kier molecular flexibility index (Phi) is 9.51. The fraction of sp³-hybridized carbons (Fsp3) is 0.167. The average Bonchev–Trinajstić information content (AvgIpc) is 3.60. The third-order valence-corrected chi connectivity index (χ3v) is 10.9.